The van der Waals surface area contributed by atoms with Crippen molar-refractivity contribution in [3.63, 3.8) is 0 Å². The van der Waals surface area contributed by atoms with Crippen molar-refractivity contribution in [1.29, 1.82) is 0 Å². The first kappa shape index (κ1) is 23.9. The maximum atomic E-state index is 6.43. The van der Waals surface area contributed by atoms with Gasteiger partial charge in [0.15, 0.2) is 0 Å². The summed E-state index contributed by atoms with van der Waals surface area (Å²) in [6.07, 6.45) is 3.02. The molecule has 0 N–H and O–H groups in total. The molecule has 0 fully saturated rings. The van der Waals surface area contributed by atoms with E-state index in [0.29, 0.717) is 5.92 Å². The molecule has 3 aromatic heterocycles. The summed E-state index contributed by atoms with van der Waals surface area (Å²) in [6, 6.07) is 24.3. The number of rotatable bonds is 4. The lowest BCUT2D eigenvalue weighted by molar-refractivity contribution is 0.596. The van der Waals surface area contributed by atoms with Crippen LogP contribution in [0, 0.1) is 12.8 Å². The van der Waals surface area contributed by atoms with E-state index < -0.39 is 0 Å². The number of benzene rings is 3. The fraction of sp³-hybridized carbons (Fsp3) is 0.265. The standard InChI is InChI=1S/C34H33NOS/c1-20(2)15-22-11-12-29-26(16-22)21(3)33(36-29)31-19-27-30(37-31)13-14-35-32(27)24-17-23-9-7-8-10-25(23)28(18-24)34(4,5)6/h7-14,16-20H,15H2,1-6H3. The Morgan fingerprint density at radius 1 is 0.892 bits per heavy atom. The number of aromatic nitrogens is 1. The van der Waals surface area contributed by atoms with Gasteiger partial charge in [0, 0.05) is 32.8 Å². The van der Waals surface area contributed by atoms with Crippen molar-refractivity contribution in [2.24, 2.45) is 5.92 Å². The molecule has 0 bridgehead atoms. The molecule has 3 aromatic carbocycles. The molecule has 0 aliphatic rings. The van der Waals surface area contributed by atoms with Gasteiger partial charge in [-0.3, -0.25) is 4.98 Å². The van der Waals surface area contributed by atoms with Crippen molar-refractivity contribution < 1.29 is 4.42 Å². The first-order valence-corrected chi connectivity index (χ1v) is 14.0. The predicted molar refractivity (Wildman–Crippen MR) is 160 cm³/mol. The van der Waals surface area contributed by atoms with E-state index in [1.807, 2.05) is 6.20 Å². The summed E-state index contributed by atoms with van der Waals surface area (Å²) in [5, 5.41) is 4.96. The second-order valence-corrected chi connectivity index (χ2v) is 12.7. The zero-order valence-corrected chi connectivity index (χ0v) is 23.3. The van der Waals surface area contributed by atoms with Gasteiger partial charge in [-0.1, -0.05) is 65.0 Å². The van der Waals surface area contributed by atoms with Gasteiger partial charge in [0.1, 0.15) is 11.3 Å². The lowest BCUT2D eigenvalue weighted by atomic mass is 9.82. The van der Waals surface area contributed by atoms with Crippen LogP contribution in [0.2, 0.25) is 0 Å². The molecule has 2 nitrogen and oxygen atoms in total. The number of fused-ring (bicyclic) bond motifs is 3. The quantitative estimate of drug-likeness (QED) is 0.239. The highest BCUT2D eigenvalue weighted by Crippen LogP contribution is 2.43. The molecule has 0 amide bonds. The van der Waals surface area contributed by atoms with E-state index >= 15 is 0 Å². The summed E-state index contributed by atoms with van der Waals surface area (Å²) in [4.78, 5) is 6.05. The molecule has 37 heavy (non-hydrogen) atoms. The second-order valence-electron chi connectivity index (χ2n) is 11.7. The summed E-state index contributed by atoms with van der Waals surface area (Å²) >= 11 is 1.78. The van der Waals surface area contributed by atoms with Crippen LogP contribution >= 0.6 is 11.3 Å². The van der Waals surface area contributed by atoms with Gasteiger partial charge in [0.2, 0.25) is 0 Å². The minimum atomic E-state index is 0.0309. The molecule has 3 heteroatoms. The number of furan rings is 1. The normalized spacial score (nSPS) is 12.4. The summed E-state index contributed by atoms with van der Waals surface area (Å²) in [5.41, 5.74) is 7.11. The van der Waals surface area contributed by atoms with Crippen LogP contribution in [0.5, 0.6) is 0 Å². The lowest BCUT2D eigenvalue weighted by Crippen LogP contribution is -2.12. The zero-order chi connectivity index (χ0) is 25.9. The van der Waals surface area contributed by atoms with Crippen molar-refractivity contribution in [1.82, 2.24) is 4.98 Å². The Labute approximate surface area is 223 Å². The van der Waals surface area contributed by atoms with Gasteiger partial charge in [0.05, 0.1) is 10.6 Å². The van der Waals surface area contributed by atoms with Crippen LogP contribution in [0.4, 0.5) is 0 Å². The molecule has 0 aliphatic carbocycles. The van der Waals surface area contributed by atoms with Crippen molar-refractivity contribution in [3.8, 4) is 21.9 Å². The average Bonchev–Trinajstić information content (AvgIpc) is 3.43. The number of hydrogen-bond acceptors (Lipinski definition) is 3. The monoisotopic (exact) mass is 503 g/mol. The SMILES string of the molecule is Cc1c(-c2cc3c(-c4cc(C(C)(C)C)c5ccccc5c4)nccc3s2)oc2ccc(CC(C)C)cc12. The highest BCUT2D eigenvalue weighted by molar-refractivity contribution is 7.22. The molecule has 0 saturated heterocycles. The summed E-state index contributed by atoms with van der Waals surface area (Å²) in [7, 11) is 0. The fourth-order valence-corrected chi connectivity index (χ4v) is 6.57. The van der Waals surface area contributed by atoms with Gasteiger partial charge in [-0.15, -0.1) is 11.3 Å². The van der Waals surface area contributed by atoms with Crippen LogP contribution in [-0.2, 0) is 11.8 Å². The third-order valence-corrected chi connectivity index (χ3v) is 8.36. The Morgan fingerprint density at radius 3 is 2.49 bits per heavy atom. The highest BCUT2D eigenvalue weighted by Gasteiger charge is 2.21. The highest BCUT2D eigenvalue weighted by atomic mass is 32.1. The molecule has 6 aromatic rings. The van der Waals surface area contributed by atoms with Crippen molar-refractivity contribution in [2.75, 3.05) is 0 Å². The van der Waals surface area contributed by atoms with Crippen LogP contribution in [0.1, 0.15) is 51.3 Å². The second kappa shape index (κ2) is 8.85. The lowest BCUT2D eigenvalue weighted by Gasteiger charge is -2.22. The van der Waals surface area contributed by atoms with E-state index in [1.165, 1.54) is 48.5 Å². The van der Waals surface area contributed by atoms with Gasteiger partial charge < -0.3 is 4.42 Å². The van der Waals surface area contributed by atoms with Gasteiger partial charge in [-0.05, 0) is 83.0 Å². The molecule has 0 saturated carbocycles. The van der Waals surface area contributed by atoms with Crippen molar-refractivity contribution in [2.45, 2.75) is 53.4 Å². The largest absolute Gasteiger partial charge is 0.455 e. The Bertz CT molecular complexity index is 1780. The first-order valence-electron chi connectivity index (χ1n) is 13.1. The summed E-state index contributed by atoms with van der Waals surface area (Å²) in [6.45, 7) is 13.6. The molecule has 0 atom stereocenters. The minimum absolute atomic E-state index is 0.0309. The summed E-state index contributed by atoms with van der Waals surface area (Å²) < 4.78 is 7.66. The molecule has 0 aliphatic heterocycles. The Balaban J connectivity index is 1.51. The van der Waals surface area contributed by atoms with Crippen LogP contribution in [0.15, 0.2) is 77.3 Å². The minimum Gasteiger partial charge on any atom is -0.455 e. The van der Waals surface area contributed by atoms with E-state index in [9.17, 15) is 0 Å². The van der Waals surface area contributed by atoms with Crippen LogP contribution in [-0.4, -0.2) is 4.98 Å². The fourth-order valence-electron chi connectivity index (χ4n) is 5.47. The molecule has 3 heterocycles. The summed E-state index contributed by atoms with van der Waals surface area (Å²) in [5.74, 6) is 1.60. The predicted octanol–water partition coefficient (Wildman–Crippen LogP) is 10.3. The Morgan fingerprint density at radius 2 is 1.70 bits per heavy atom. The topological polar surface area (TPSA) is 26.0 Å². The van der Waals surface area contributed by atoms with Gasteiger partial charge in [-0.25, -0.2) is 0 Å². The van der Waals surface area contributed by atoms with Crippen LogP contribution in [0.25, 0.3) is 53.7 Å². The number of thiophene rings is 1. The molecule has 0 unspecified atom stereocenters. The Hall–Kier alpha value is -3.43. The number of pyridine rings is 1. The average molecular weight is 504 g/mol. The van der Waals surface area contributed by atoms with Crippen LogP contribution < -0.4 is 0 Å². The maximum Gasteiger partial charge on any atom is 0.148 e. The van der Waals surface area contributed by atoms with Gasteiger partial charge >= 0.3 is 0 Å². The van der Waals surface area contributed by atoms with E-state index in [-0.39, 0.29) is 5.41 Å². The molecule has 186 valence electrons. The first-order chi connectivity index (χ1) is 17.7. The van der Waals surface area contributed by atoms with E-state index in [4.69, 9.17) is 9.40 Å². The smallest absolute Gasteiger partial charge is 0.148 e. The number of hydrogen-bond donors (Lipinski definition) is 0. The third kappa shape index (κ3) is 4.26. The van der Waals surface area contributed by atoms with Crippen LogP contribution in [0.3, 0.4) is 0 Å². The molecule has 0 radical (unpaired) electrons. The van der Waals surface area contributed by atoms with E-state index in [0.717, 1.165) is 28.3 Å². The van der Waals surface area contributed by atoms with E-state index in [1.54, 1.807) is 11.3 Å². The molecule has 0 spiro atoms. The molecular formula is C34H33NOS. The zero-order valence-electron chi connectivity index (χ0n) is 22.5. The van der Waals surface area contributed by atoms with E-state index in [2.05, 4.69) is 108 Å². The van der Waals surface area contributed by atoms with Crippen molar-refractivity contribution in [3.05, 3.63) is 89.6 Å². The number of aryl methyl sites for hydroxylation is 1. The third-order valence-electron chi connectivity index (χ3n) is 7.26. The Kier molecular flexibility index (Phi) is 5.72. The van der Waals surface area contributed by atoms with Gasteiger partial charge in [-0.2, -0.15) is 0 Å². The molecule has 6 rings (SSSR count). The maximum absolute atomic E-state index is 6.43. The van der Waals surface area contributed by atoms with Crippen molar-refractivity contribution >= 4 is 43.2 Å². The molecular weight excluding hydrogens is 470 g/mol. The van der Waals surface area contributed by atoms with Gasteiger partial charge in [0.25, 0.3) is 0 Å². The number of nitrogens with zero attached hydrogens (tertiary/aromatic N) is 1.